The Balaban J connectivity index is 1.68. The molecule has 8 aromatic rings. The molecule has 0 N–H and O–H groups in total. The van der Waals surface area contributed by atoms with Gasteiger partial charge in [0.1, 0.15) is 0 Å². The molecule has 184 valence electrons. The van der Waals surface area contributed by atoms with E-state index in [9.17, 15) is 0 Å². The SMILES string of the molecule is [Se]=P(c1ccccc1)(c1ccccc1)c1cccc2c3c4ccccc4ccc3c3nc4ccccc4n3c12. The molecule has 8 rings (SSSR count). The zero-order valence-electron chi connectivity index (χ0n) is 21.0. The van der Waals surface area contributed by atoms with Crippen molar-refractivity contribution in [1.82, 2.24) is 9.38 Å². The van der Waals surface area contributed by atoms with Gasteiger partial charge in [-0.2, -0.15) is 0 Å². The number of rotatable bonds is 3. The van der Waals surface area contributed by atoms with Crippen molar-refractivity contribution in [3.8, 4) is 0 Å². The minimum absolute atomic E-state index is 1.00. The van der Waals surface area contributed by atoms with Gasteiger partial charge in [0.05, 0.1) is 0 Å². The van der Waals surface area contributed by atoms with Crippen molar-refractivity contribution in [3.05, 3.63) is 140 Å². The number of fused-ring (bicyclic) bond motifs is 10. The Morgan fingerprint density at radius 1 is 0.538 bits per heavy atom. The Morgan fingerprint density at radius 2 is 1.18 bits per heavy atom. The molecular weight excluding hydrogens is 558 g/mol. The average molecular weight is 582 g/mol. The van der Waals surface area contributed by atoms with Gasteiger partial charge in [0.15, 0.2) is 0 Å². The summed E-state index contributed by atoms with van der Waals surface area (Å²) in [5.41, 5.74) is 2.23. The molecule has 2 heterocycles. The second-order valence-corrected chi connectivity index (χ2v) is 16.1. The molecule has 0 atom stereocenters. The number of aromatic nitrogens is 2. The van der Waals surface area contributed by atoms with Gasteiger partial charge >= 0.3 is 235 Å². The van der Waals surface area contributed by atoms with Crippen LogP contribution in [-0.2, 0) is 0 Å². The van der Waals surface area contributed by atoms with E-state index < -0.39 is 5.51 Å². The molecule has 0 saturated heterocycles. The average Bonchev–Trinajstić information content (AvgIpc) is 3.41. The van der Waals surface area contributed by atoms with Crippen LogP contribution in [-0.4, -0.2) is 24.5 Å². The third-order valence-corrected chi connectivity index (χ3v) is 14.8. The van der Waals surface area contributed by atoms with E-state index in [1.54, 1.807) is 0 Å². The van der Waals surface area contributed by atoms with Crippen LogP contribution in [0.2, 0.25) is 0 Å². The molecule has 0 unspecified atom stereocenters. The molecule has 0 aliphatic carbocycles. The molecule has 0 amide bonds. The number of hydrogen-bond donors (Lipinski definition) is 0. The van der Waals surface area contributed by atoms with E-state index >= 15 is 0 Å². The summed E-state index contributed by atoms with van der Waals surface area (Å²) in [6.07, 6.45) is 0. The first-order chi connectivity index (χ1) is 19.2. The van der Waals surface area contributed by atoms with Crippen LogP contribution >= 0.6 is 5.51 Å². The van der Waals surface area contributed by atoms with Gasteiger partial charge in [0, 0.05) is 0 Å². The Hall–Kier alpha value is -4.00. The van der Waals surface area contributed by atoms with E-state index in [0.29, 0.717) is 0 Å². The molecule has 0 aliphatic heterocycles. The van der Waals surface area contributed by atoms with E-state index in [1.165, 1.54) is 48.4 Å². The van der Waals surface area contributed by atoms with Crippen molar-refractivity contribution in [3.63, 3.8) is 0 Å². The number of nitrogens with zero attached hydrogens (tertiary/aromatic N) is 2. The predicted molar refractivity (Wildman–Crippen MR) is 170 cm³/mol. The zero-order valence-corrected chi connectivity index (χ0v) is 23.6. The van der Waals surface area contributed by atoms with E-state index in [-0.39, 0.29) is 0 Å². The van der Waals surface area contributed by atoms with Crippen LogP contribution in [0.1, 0.15) is 0 Å². The summed E-state index contributed by atoms with van der Waals surface area (Å²) in [4.78, 5) is 5.23. The normalized spacial score (nSPS) is 12.2. The van der Waals surface area contributed by atoms with Crippen LogP contribution in [0.25, 0.3) is 49.1 Å². The minimum atomic E-state index is -2.14. The van der Waals surface area contributed by atoms with Crippen LogP contribution in [0.4, 0.5) is 0 Å². The standard InChI is InChI=1S/C35H23N2PSe/c39-38(25-13-3-1-4-14-25,26-15-5-2-6-16-26)32-21-11-18-28-33-27-17-8-7-12-24(27)22-23-29(33)35-36-30-19-9-10-20-31(30)37(35)34(28)32/h1-23H. The van der Waals surface area contributed by atoms with E-state index in [0.717, 1.165) is 16.7 Å². The third kappa shape index (κ3) is 3.28. The Morgan fingerprint density at radius 3 is 1.95 bits per heavy atom. The molecule has 6 aromatic carbocycles. The number of imidazole rings is 1. The summed E-state index contributed by atoms with van der Waals surface area (Å²) < 4.78 is 2.41. The summed E-state index contributed by atoms with van der Waals surface area (Å²) in [6, 6.07) is 50.5. The van der Waals surface area contributed by atoms with Gasteiger partial charge in [-0.15, -0.1) is 0 Å². The second-order valence-electron chi connectivity index (χ2n) is 9.92. The summed E-state index contributed by atoms with van der Waals surface area (Å²) in [6.45, 7) is 0. The van der Waals surface area contributed by atoms with Gasteiger partial charge < -0.3 is 0 Å². The topological polar surface area (TPSA) is 17.3 Å². The number of hydrogen-bond acceptors (Lipinski definition) is 1. The first-order valence-electron chi connectivity index (χ1n) is 13.1. The summed E-state index contributed by atoms with van der Waals surface area (Å²) >= 11 is 3.80. The quantitative estimate of drug-likeness (QED) is 0.121. The van der Waals surface area contributed by atoms with Crippen LogP contribution < -0.4 is 15.9 Å². The molecular formula is C35H23N2PSe. The third-order valence-electron chi connectivity index (χ3n) is 7.82. The van der Waals surface area contributed by atoms with Gasteiger partial charge in [-0.05, 0) is 0 Å². The maximum atomic E-state index is 5.23. The first-order valence-corrected chi connectivity index (χ1v) is 17.1. The number of benzene rings is 6. The van der Waals surface area contributed by atoms with Gasteiger partial charge in [-0.1, -0.05) is 0 Å². The Bertz CT molecular complexity index is 2210. The molecule has 0 saturated carbocycles. The molecule has 2 aromatic heterocycles. The maximum absolute atomic E-state index is 5.23. The summed E-state index contributed by atoms with van der Waals surface area (Å²) in [5, 5.41) is 10.2. The Labute approximate surface area is 233 Å². The van der Waals surface area contributed by atoms with E-state index in [4.69, 9.17) is 4.98 Å². The number of pyridine rings is 1. The molecule has 2 nitrogen and oxygen atoms in total. The first kappa shape index (κ1) is 22.9. The van der Waals surface area contributed by atoms with Crippen LogP contribution in [0.5, 0.6) is 0 Å². The molecule has 39 heavy (non-hydrogen) atoms. The molecule has 0 fully saturated rings. The fraction of sp³-hybridized carbons (Fsp3) is 0. The molecule has 0 spiro atoms. The van der Waals surface area contributed by atoms with Gasteiger partial charge in [-0.3, -0.25) is 0 Å². The molecule has 4 heteroatoms. The van der Waals surface area contributed by atoms with Crippen LogP contribution in [0, 0.1) is 0 Å². The van der Waals surface area contributed by atoms with Gasteiger partial charge in [0.25, 0.3) is 0 Å². The predicted octanol–water partition coefficient (Wildman–Crippen LogP) is 7.32. The monoisotopic (exact) mass is 582 g/mol. The van der Waals surface area contributed by atoms with Crippen molar-refractivity contribution < 1.29 is 0 Å². The van der Waals surface area contributed by atoms with Crippen molar-refractivity contribution in [2.45, 2.75) is 0 Å². The van der Waals surface area contributed by atoms with Crippen molar-refractivity contribution in [1.29, 1.82) is 0 Å². The number of para-hydroxylation sites is 3. The summed E-state index contributed by atoms with van der Waals surface area (Å²) in [7, 11) is 0. The van der Waals surface area contributed by atoms with E-state index in [2.05, 4.69) is 159 Å². The molecule has 0 aliphatic rings. The molecule has 0 bridgehead atoms. The Kier molecular flexibility index (Phi) is 5.15. The van der Waals surface area contributed by atoms with Crippen LogP contribution in [0.15, 0.2) is 140 Å². The summed E-state index contributed by atoms with van der Waals surface area (Å²) in [5.74, 6) is 0. The van der Waals surface area contributed by atoms with Crippen LogP contribution in [0.3, 0.4) is 0 Å². The van der Waals surface area contributed by atoms with Crippen molar-refractivity contribution in [2.75, 3.05) is 0 Å². The molecule has 0 radical (unpaired) electrons. The second kappa shape index (κ2) is 8.76. The van der Waals surface area contributed by atoms with Gasteiger partial charge in [-0.25, -0.2) is 0 Å². The van der Waals surface area contributed by atoms with Crippen molar-refractivity contribution in [2.24, 2.45) is 0 Å². The fourth-order valence-electron chi connectivity index (χ4n) is 6.11. The fourth-order valence-corrected chi connectivity index (χ4v) is 11.4. The van der Waals surface area contributed by atoms with E-state index in [1.807, 2.05) is 0 Å². The van der Waals surface area contributed by atoms with Gasteiger partial charge in [0.2, 0.25) is 0 Å². The zero-order chi connectivity index (χ0) is 26.0. The van der Waals surface area contributed by atoms with Crippen molar-refractivity contribution >= 4 is 85.6 Å².